The van der Waals surface area contributed by atoms with Gasteiger partial charge in [0.1, 0.15) is 0 Å². The summed E-state index contributed by atoms with van der Waals surface area (Å²) in [7, 11) is -4.24. The molecule has 1 aromatic carbocycles. The van der Waals surface area contributed by atoms with E-state index in [9.17, 15) is 52.7 Å². The van der Waals surface area contributed by atoms with E-state index in [0.717, 1.165) is 5.32 Å². The lowest BCUT2D eigenvalue weighted by Crippen LogP contribution is -2.64. The highest BCUT2D eigenvalue weighted by Crippen LogP contribution is 2.53. The Morgan fingerprint density at radius 2 is 1.27 bits per heavy atom. The molecule has 26 heavy (non-hydrogen) atoms. The molecule has 0 heterocycles. The maximum absolute atomic E-state index is 13.3. The molecule has 3 N–H and O–H groups in total. The van der Waals surface area contributed by atoms with Gasteiger partial charge in [-0.25, -0.2) is 13.6 Å². The van der Waals surface area contributed by atoms with E-state index in [0.29, 0.717) is 24.3 Å². The topological polar surface area (TPSA) is 89.3 Å². The summed E-state index contributed by atoms with van der Waals surface area (Å²) in [5.74, 6) is -24.0. The van der Waals surface area contributed by atoms with E-state index in [2.05, 4.69) is 0 Å². The van der Waals surface area contributed by atoms with Crippen LogP contribution in [0.25, 0.3) is 0 Å². The molecule has 0 aliphatic rings. The fourth-order valence-corrected chi connectivity index (χ4v) is 1.97. The first kappa shape index (κ1) is 22.0. The molecule has 5 nitrogen and oxygen atoms in total. The number of hydrogen-bond acceptors (Lipinski definition) is 3. The smallest absolute Gasteiger partial charge is 0.321 e. The van der Waals surface area contributed by atoms with Crippen molar-refractivity contribution in [3.05, 3.63) is 24.3 Å². The number of primary sulfonamides is 1. The monoisotopic (exact) mass is 418 g/mol. The Morgan fingerprint density at radius 3 is 1.62 bits per heavy atom. The lowest BCUT2D eigenvalue weighted by atomic mass is 10.0. The van der Waals surface area contributed by atoms with E-state index in [-0.39, 0.29) is 0 Å². The van der Waals surface area contributed by atoms with E-state index in [1.807, 2.05) is 0 Å². The molecule has 1 rings (SSSR count). The average Bonchev–Trinajstić information content (AvgIpc) is 2.45. The number of carbonyl (C=O) groups excluding carboxylic acids is 1. The van der Waals surface area contributed by atoms with Crippen molar-refractivity contribution in [3.63, 3.8) is 0 Å². The van der Waals surface area contributed by atoms with Gasteiger partial charge in [0.05, 0.1) is 4.90 Å². The van der Waals surface area contributed by atoms with Crippen LogP contribution in [0.1, 0.15) is 0 Å². The summed E-state index contributed by atoms with van der Waals surface area (Å²) in [4.78, 5) is 10.6. The standard InChI is InChI=1S/C11H7F9N2O3S/c12-8(13,9(14,15)10(16,17)11(18,19)20)7(23)22-5-1-3-6(4-2-5)26(21,24)25/h1-4H,(H,22,23)(H2,21,24,25). The van der Waals surface area contributed by atoms with Crippen molar-refractivity contribution < 1.29 is 52.7 Å². The van der Waals surface area contributed by atoms with Gasteiger partial charge in [0.25, 0.3) is 0 Å². The predicted octanol–water partition coefficient (Wildman–Crippen LogP) is 2.74. The maximum Gasteiger partial charge on any atom is 0.460 e. The lowest BCUT2D eigenvalue weighted by Gasteiger charge is -2.32. The molecular formula is C11H7F9N2O3S. The second-order valence-electron chi connectivity index (χ2n) is 4.74. The van der Waals surface area contributed by atoms with Gasteiger partial charge >= 0.3 is 29.9 Å². The Balaban J connectivity index is 3.15. The quantitative estimate of drug-likeness (QED) is 0.721. The van der Waals surface area contributed by atoms with Crippen LogP contribution in [0.3, 0.4) is 0 Å². The summed E-state index contributed by atoms with van der Waals surface area (Å²) in [5, 5.41) is 5.68. The second-order valence-corrected chi connectivity index (χ2v) is 6.31. The third kappa shape index (κ3) is 3.72. The SMILES string of the molecule is NS(=O)(=O)c1ccc(NC(=O)C(F)(F)C(F)(F)C(F)(F)C(F)(F)F)cc1. The van der Waals surface area contributed by atoms with Gasteiger partial charge in [0.15, 0.2) is 0 Å². The molecule has 0 aliphatic heterocycles. The van der Waals surface area contributed by atoms with Gasteiger partial charge in [0, 0.05) is 5.69 Å². The fourth-order valence-electron chi connectivity index (χ4n) is 1.46. The van der Waals surface area contributed by atoms with Gasteiger partial charge in [-0.05, 0) is 24.3 Å². The fraction of sp³-hybridized carbons (Fsp3) is 0.364. The molecule has 1 amide bonds. The zero-order valence-corrected chi connectivity index (χ0v) is 12.7. The minimum Gasteiger partial charge on any atom is -0.321 e. The number of amides is 1. The van der Waals surface area contributed by atoms with Crippen molar-refractivity contribution in [1.82, 2.24) is 0 Å². The average molecular weight is 418 g/mol. The van der Waals surface area contributed by atoms with Crippen molar-refractivity contribution >= 4 is 21.6 Å². The van der Waals surface area contributed by atoms with Gasteiger partial charge in [-0.15, -0.1) is 0 Å². The molecule has 0 aliphatic carbocycles. The summed E-state index contributed by atoms with van der Waals surface area (Å²) >= 11 is 0. The van der Waals surface area contributed by atoms with E-state index in [1.54, 1.807) is 0 Å². The molecule has 0 radical (unpaired) electrons. The van der Waals surface area contributed by atoms with Crippen molar-refractivity contribution in [3.8, 4) is 0 Å². The van der Waals surface area contributed by atoms with E-state index in [4.69, 9.17) is 5.14 Å². The largest absolute Gasteiger partial charge is 0.460 e. The molecule has 0 atom stereocenters. The lowest BCUT2D eigenvalue weighted by molar-refractivity contribution is -0.388. The molecule has 0 aromatic heterocycles. The third-order valence-electron chi connectivity index (χ3n) is 2.87. The number of halogens is 9. The summed E-state index contributed by atoms with van der Waals surface area (Å²) in [6, 6.07) is 2.39. The van der Waals surface area contributed by atoms with Crippen LogP contribution in [0, 0.1) is 0 Å². The molecule has 0 fully saturated rings. The number of hydrogen-bond donors (Lipinski definition) is 2. The number of benzene rings is 1. The minimum atomic E-state index is -7.21. The minimum absolute atomic E-state index is 0.563. The van der Waals surface area contributed by atoms with Crippen molar-refractivity contribution in [2.75, 3.05) is 5.32 Å². The van der Waals surface area contributed by atoms with Crippen molar-refractivity contribution in [1.29, 1.82) is 0 Å². The Labute approximate surface area is 139 Å². The van der Waals surface area contributed by atoms with Crippen LogP contribution in [0.4, 0.5) is 45.2 Å². The zero-order chi connectivity index (χ0) is 20.8. The molecule has 1 aromatic rings. The Bertz CT molecular complexity index is 788. The highest BCUT2D eigenvalue weighted by atomic mass is 32.2. The van der Waals surface area contributed by atoms with Crippen LogP contribution in [0.5, 0.6) is 0 Å². The van der Waals surface area contributed by atoms with Gasteiger partial charge in [-0.1, -0.05) is 0 Å². The van der Waals surface area contributed by atoms with Crippen molar-refractivity contribution in [2.45, 2.75) is 28.8 Å². The first-order chi connectivity index (χ1) is 11.4. The molecule has 148 valence electrons. The number of nitrogens with one attached hydrogen (secondary N) is 1. The van der Waals surface area contributed by atoms with Crippen LogP contribution in [-0.2, 0) is 14.8 Å². The van der Waals surface area contributed by atoms with Gasteiger partial charge in [0.2, 0.25) is 10.0 Å². The number of alkyl halides is 9. The Hall–Kier alpha value is -2.03. The molecule has 15 heteroatoms. The Morgan fingerprint density at radius 1 is 0.846 bits per heavy atom. The van der Waals surface area contributed by atoms with Crippen molar-refractivity contribution in [2.24, 2.45) is 5.14 Å². The van der Waals surface area contributed by atoms with Gasteiger partial charge in [-0.2, -0.15) is 39.5 Å². The van der Waals surface area contributed by atoms with Gasteiger partial charge < -0.3 is 5.32 Å². The molecule has 0 spiro atoms. The summed E-state index contributed by atoms with van der Waals surface area (Å²) in [5.41, 5.74) is -0.798. The molecule has 0 saturated carbocycles. The van der Waals surface area contributed by atoms with E-state index in [1.165, 1.54) is 0 Å². The second kappa shape index (κ2) is 6.29. The first-order valence-corrected chi connectivity index (χ1v) is 7.55. The molecule has 0 saturated heterocycles. The Kier molecular flexibility index (Phi) is 5.33. The molecular weight excluding hydrogens is 411 g/mol. The summed E-state index contributed by atoms with van der Waals surface area (Å²) in [6.45, 7) is 0. The van der Waals surface area contributed by atoms with Crippen LogP contribution >= 0.6 is 0 Å². The van der Waals surface area contributed by atoms with Gasteiger partial charge in [-0.3, -0.25) is 4.79 Å². The maximum atomic E-state index is 13.3. The van der Waals surface area contributed by atoms with Crippen LogP contribution in [0.2, 0.25) is 0 Å². The number of carbonyl (C=O) groups is 1. The van der Waals surface area contributed by atoms with Crippen LogP contribution < -0.4 is 10.5 Å². The molecule has 0 bridgehead atoms. The third-order valence-corrected chi connectivity index (χ3v) is 3.80. The predicted molar refractivity (Wildman–Crippen MR) is 67.3 cm³/mol. The summed E-state index contributed by atoms with van der Waals surface area (Å²) < 4.78 is 136. The first-order valence-electron chi connectivity index (χ1n) is 6.00. The zero-order valence-electron chi connectivity index (χ0n) is 11.9. The highest BCUT2D eigenvalue weighted by molar-refractivity contribution is 7.89. The van der Waals surface area contributed by atoms with Crippen LogP contribution in [-0.4, -0.2) is 38.3 Å². The van der Waals surface area contributed by atoms with Crippen LogP contribution in [0.15, 0.2) is 29.2 Å². The number of rotatable bonds is 5. The molecule has 0 unspecified atom stereocenters. The number of sulfonamides is 1. The summed E-state index contributed by atoms with van der Waals surface area (Å²) in [6.07, 6.45) is -7.06. The number of anilines is 1. The van der Waals surface area contributed by atoms with E-state index >= 15 is 0 Å². The van der Waals surface area contributed by atoms with E-state index < -0.39 is 50.5 Å². The highest BCUT2D eigenvalue weighted by Gasteiger charge is 2.83. The normalized spacial score (nSPS) is 14.2. The number of nitrogens with two attached hydrogens (primary N) is 1.